The Morgan fingerprint density at radius 2 is 1.82 bits per heavy atom. The first-order valence-electron chi connectivity index (χ1n) is 10.8. The average molecular weight is 382 g/mol. The van der Waals surface area contributed by atoms with Crippen LogP contribution in [0.2, 0.25) is 0 Å². The quantitative estimate of drug-likeness (QED) is 0.874. The normalized spacial score (nSPS) is 25.7. The molecule has 1 saturated carbocycles. The molecule has 2 heterocycles. The van der Waals surface area contributed by atoms with Gasteiger partial charge in [0.2, 0.25) is 0 Å². The van der Waals surface area contributed by atoms with Crippen LogP contribution in [0.25, 0.3) is 0 Å². The smallest absolute Gasteiger partial charge is 0.255 e. The van der Waals surface area contributed by atoms with Gasteiger partial charge in [-0.25, -0.2) is 0 Å². The van der Waals surface area contributed by atoms with Crippen LogP contribution in [-0.2, 0) is 0 Å². The number of nitriles is 1. The summed E-state index contributed by atoms with van der Waals surface area (Å²) >= 11 is 0. The molecule has 28 heavy (non-hydrogen) atoms. The van der Waals surface area contributed by atoms with Crippen LogP contribution in [0.15, 0.2) is 24.3 Å². The minimum atomic E-state index is -0.0751. The van der Waals surface area contributed by atoms with Crippen molar-refractivity contribution in [3.63, 3.8) is 0 Å². The number of carbonyl (C=O) groups excluding carboxylic acids is 1. The van der Waals surface area contributed by atoms with E-state index >= 15 is 0 Å². The number of aliphatic hydroxyl groups excluding tert-OH is 1. The third-order valence-corrected chi connectivity index (χ3v) is 7.61. The van der Waals surface area contributed by atoms with E-state index in [2.05, 4.69) is 11.0 Å². The molecule has 3 aliphatic rings. The second kappa shape index (κ2) is 8.23. The zero-order valence-corrected chi connectivity index (χ0v) is 16.6. The molecule has 0 unspecified atom stereocenters. The monoisotopic (exact) mass is 381 g/mol. The topological polar surface area (TPSA) is 67.6 Å². The van der Waals surface area contributed by atoms with Gasteiger partial charge in [-0.1, -0.05) is 25.0 Å². The molecule has 1 aromatic rings. The van der Waals surface area contributed by atoms with Gasteiger partial charge in [0.1, 0.15) is 0 Å². The first-order chi connectivity index (χ1) is 13.7. The van der Waals surface area contributed by atoms with E-state index in [0.29, 0.717) is 17.7 Å². The molecule has 5 heteroatoms. The summed E-state index contributed by atoms with van der Waals surface area (Å²) in [5, 5.41) is 19.5. The van der Waals surface area contributed by atoms with Crippen LogP contribution in [0.1, 0.15) is 60.9 Å². The molecular formula is C23H31N3O2. The van der Waals surface area contributed by atoms with Crippen molar-refractivity contribution in [2.45, 2.75) is 51.0 Å². The van der Waals surface area contributed by atoms with Crippen molar-refractivity contribution in [2.24, 2.45) is 11.3 Å². The molecule has 2 saturated heterocycles. The number of piperidine rings is 2. The lowest BCUT2D eigenvalue weighted by molar-refractivity contribution is -0.0417. The van der Waals surface area contributed by atoms with Crippen LogP contribution in [0, 0.1) is 22.7 Å². The third kappa shape index (κ3) is 3.56. The maximum absolute atomic E-state index is 13.0. The van der Waals surface area contributed by atoms with Gasteiger partial charge in [0, 0.05) is 31.7 Å². The molecule has 5 nitrogen and oxygen atoms in total. The lowest BCUT2D eigenvalue weighted by Crippen LogP contribution is -2.55. The van der Waals surface area contributed by atoms with E-state index in [4.69, 9.17) is 0 Å². The minimum Gasteiger partial charge on any atom is -0.396 e. The third-order valence-electron chi connectivity index (χ3n) is 7.61. The second-order valence-corrected chi connectivity index (χ2v) is 8.87. The Bertz CT molecular complexity index is 742. The van der Waals surface area contributed by atoms with Crippen molar-refractivity contribution in [1.82, 2.24) is 9.80 Å². The van der Waals surface area contributed by atoms with Gasteiger partial charge < -0.3 is 14.9 Å². The van der Waals surface area contributed by atoms with Crippen molar-refractivity contribution in [3.8, 4) is 6.07 Å². The van der Waals surface area contributed by atoms with Crippen LogP contribution in [-0.4, -0.2) is 59.6 Å². The SMILES string of the molecule is N#Cc1ccccc1C(=O)N1CCC2(CCN(C3CCCC3)CC2)[C@@H](CO)C1. The number of hydrogen-bond acceptors (Lipinski definition) is 4. The number of aliphatic hydroxyl groups is 1. The zero-order chi connectivity index (χ0) is 19.6. The molecule has 1 aliphatic carbocycles. The van der Waals surface area contributed by atoms with Crippen LogP contribution in [0.3, 0.4) is 0 Å². The summed E-state index contributed by atoms with van der Waals surface area (Å²) < 4.78 is 0. The zero-order valence-electron chi connectivity index (χ0n) is 16.6. The summed E-state index contributed by atoms with van der Waals surface area (Å²) in [6, 6.07) is 9.92. The molecule has 4 rings (SSSR count). The average Bonchev–Trinajstić information content (AvgIpc) is 3.29. The highest BCUT2D eigenvalue weighted by molar-refractivity contribution is 5.96. The molecule has 1 amide bonds. The highest BCUT2D eigenvalue weighted by atomic mass is 16.3. The van der Waals surface area contributed by atoms with Crippen molar-refractivity contribution >= 4 is 5.91 Å². The van der Waals surface area contributed by atoms with E-state index in [0.717, 1.165) is 44.9 Å². The minimum absolute atomic E-state index is 0.0751. The van der Waals surface area contributed by atoms with E-state index in [1.54, 1.807) is 18.2 Å². The van der Waals surface area contributed by atoms with Gasteiger partial charge in [-0.15, -0.1) is 0 Å². The fourth-order valence-electron chi connectivity index (χ4n) is 5.75. The maximum atomic E-state index is 13.0. The summed E-state index contributed by atoms with van der Waals surface area (Å²) in [5.74, 6) is 0.0546. The molecule has 1 N–H and O–H groups in total. The number of rotatable bonds is 3. The van der Waals surface area contributed by atoms with E-state index in [-0.39, 0.29) is 23.8 Å². The van der Waals surface area contributed by atoms with Gasteiger partial charge in [0.05, 0.1) is 17.2 Å². The molecule has 150 valence electrons. The Morgan fingerprint density at radius 3 is 2.50 bits per heavy atom. The first-order valence-corrected chi connectivity index (χ1v) is 10.8. The van der Waals surface area contributed by atoms with E-state index < -0.39 is 0 Å². The molecular weight excluding hydrogens is 350 g/mol. The van der Waals surface area contributed by atoms with Gasteiger partial charge in [-0.05, 0) is 62.7 Å². The van der Waals surface area contributed by atoms with Crippen LogP contribution in [0.5, 0.6) is 0 Å². The Morgan fingerprint density at radius 1 is 1.14 bits per heavy atom. The second-order valence-electron chi connectivity index (χ2n) is 8.87. The summed E-state index contributed by atoms with van der Waals surface area (Å²) in [4.78, 5) is 17.5. The van der Waals surface area contributed by atoms with Gasteiger partial charge in [0.15, 0.2) is 0 Å². The maximum Gasteiger partial charge on any atom is 0.255 e. The Kier molecular flexibility index (Phi) is 5.70. The molecule has 0 radical (unpaired) electrons. The number of amides is 1. The molecule has 1 aromatic carbocycles. The number of carbonyl (C=O) groups is 1. The van der Waals surface area contributed by atoms with E-state index in [1.807, 2.05) is 11.0 Å². The lowest BCUT2D eigenvalue weighted by atomic mass is 9.64. The first kappa shape index (κ1) is 19.4. The number of hydrogen-bond donors (Lipinski definition) is 1. The summed E-state index contributed by atoms with van der Waals surface area (Å²) in [6.07, 6.45) is 8.64. The van der Waals surface area contributed by atoms with E-state index in [9.17, 15) is 15.2 Å². The lowest BCUT2D eigenvalue weighted by Gasteiger charge is -2.52. The fraction of sp³-hybridized carbons (Fsp3) is 0.652. The number of nitrogens with zero attached hydrogens (tertiary/aromatic N) is 3. The highest BCUT2D eigenvalue weighted by Gasteiger charge is 2.46. The van der Waals surface area contributed by atoms with Gasteiger partial charge in [0.25, 0.3) is 5.91 Å². The van der Waals surface area contributed by atoms with Crippen LogP contribution < -0.4 is 0 Å². The van der Waals surface area contributed by atoms with Gasteiger partial charge in [-0.3, -0.25) is 4.79 Å². The summed E-state index contributed by atoms with van der Waals surface area (Å²) in [7, 11) is 0. The van der Waals surface area contributed by atoms with Crippen molar-refractivity contribution < 1.29 is 9.90 Å². The van der Waals surface area contributed by atoms with Crippen LogP contribution in [0.4, 0.5) is 0 Å². The van der Waals surface area contributed by atoms with Gasteiger partial charge in [-0.2, -0.15) is 5.26 Å². The van der Waals surface area contributed by atoms with E-state index in [1.165, 1.54) is 25.7 Å². The predicted molar refractivity (Wildman–Crippen MR) is 108 cm³/mol. The van der Waals surface area contributed by atoms with Crippen molar-refractivity contribution in [1.29, 1.82) is 5.26 Å². The molecule has 2 aliphatic heterocycles. The molecule has 0 aromatic heterocycles. The molecule has 1 spiro atoms. The molecule has 1 atom stereocenters. The molecule has 0 bridgehead atoms. The Labute approximate surface area is 167 Å². The van der Waals surface area contributed by atoms with Gasteiger partial charge >= 0.3 is 0 Å². The largest absolute Gasteiger partial charge is 0.396 e. The predicted octanol–water partition coefficient (Wildman–Crippen LogP) is 3.04. The highest BCUT2D eigenvalue weighted by Crippen LogP contribution is 2.46. The molecule has 3 fully saturated rings. The Hall–Kier alpha value is -1.90. The van der Waals surface area contributed by atoms with Crippen molar-refractivity contribution in [2.75, 3.05) is 32.8 Å². The standard InChI is InChI=1S/C23H31N3O2/c24-15-18-5-1-4-8-21(18)22(28)26-14-11-23(19(16-26)17-27)9-12-25(13-10-23)20-6-2-3-7-20/h1,4-5,8,19-20,27H,2-3,6-7,9-14,16-17H2/t19-/m1/s1. The summed E-state index contributed by atoms with van der Waals surface area (Å²) in [5.41, 5.74) is 1.07. The number of benzene rings is 1. The van der Waals surface area contributed by atoms with Crippen LogP contribution >= 0.6 is 0 Å². The Balaban J connectivity index is 1.43. The van der Waals surface area contributed by atoms with Crippen molar-refractivity contribution in [3.05, 3.63) is 35.4 Å². The summed E-state index contributed by atoms with van der Waals surface area (Å²) in [6.45, 7) is 3.71. The fourth-order valence-corrected chi connectivity index (χ4v) is 5.75. The number of likely N-dealkylation sites (tertiary alicyclic amines) is 2.